The van der Waals surface area contributed by atoms with Gasteiger partial charge in [0.05, 0.1) is 12.1 Å². The van der Waals surface area contributed by atoms with Gasteiger partial charge >= 0.3 is 0 Å². The minimum atomic E-state index is -0.549. The van der Waals surface area contributed by atoms with Gasteiger partial charge in [-0.05, 0) is 43.9 Å². The molecule has 118 valence electrons. The highest BCUT2D eigenvalue weighted by atomic mass is 127. The molecule has 1 aromatic rings. The third-order valence-corrected chi connectivity index (χ3v) is 3.76. The second-order valence-corrected chi connectivity index (χ2v) is 5.69. The summed E-state index contributed by atoms with van der Waals surface area (Å²) in [6.45, 7) is 3.93. The number of aliphatic hydroxyl groups is 1. The van der Waals surface area contributed by atoms with Crippen molar-refractivity contribution >= 4 is 41.5 Å². The third-order valence-electron chi connectivity index (χ3n) is 3.52. The highest BCUT2D eigenvalue weighted by Crippen LogP contribution is 2.30. The van der Waals surface area contributed by atoms with Crippen LogP contribution in [0.4, 0.5) is 0 Å². The molecule has 0 radical (unpaired) electrons. The molecular formula is C15H23ClIN3O. The van der Waals surface area contributed by atoms with Gasteiger partial charge in [-0.1, -0.05) is 23.7 Å². The first kappa shape index (κ1) is 18.5. The fourth-order valence-corrected chi connectivity index (χ4v) is 2.37. The van der Waals surface area contributed by atoms with E-state index in [1.807, 2.05) is 31.2 Å². The molecule has 21 heavy (non-hydrogen) atoms. The number of nitrogens with one attached hydrogen (secondary N) is 2. The average molecular weight is 424 g/mol. The Morgan fingerprint density at radius 1 is 1.38 bits per heavy atom. The molecule has 1 aliphatic rings. The number of nitrogens with zero attached hydrogens (tertiary/aromatic N) is 1. The van der Waals surface area contributed by atoms with Gasteiger partial charge in [-0.2, -0.15) is 0 Å². The molecule has 0 bridgehead atoms. The summed E-state index contributed by atoms with van der Waals surface area (Å²) in [5, 5.41) is 17.2. The van der Waals surface area contributed by atoms with Crippen LogP contribution in [0, 0.1) is 0 Å². The van der Waals surface area contributed by atoms with Crippen molar-refractivity contribution in [2.24, 2.45) is 4.99 Å². The lowest BCUT2D eigenvalue weighted by atomic mass is 9.80. The van der Waals surface area contributed by atoms with E-state index in [0.717, 1.165) is 42.4 Å². The maximum atomic E-state index is 10.1. The van der Waals surface area contributed by atoms with E-state index < -0.39 is 5.60 Å². The van der Waals surface area contributed by atoms with E-state index in [4.69, 9.17) is 11.6 Å². The lowest BCUT2D eigenvalue weighted by molar-refractivity contribution is -0.0279. The number of guanidine groups is 1. The normalized spacial score (nSPS) is 16.6. The van der Waals surface area contributed by atoms with Gasteiger partial charge in [-0.3, -0.25) is 0 Å². The predicted octanol–water partition coefficient (Wildman–Crippen LogP) is 2.93. The minimum Gasteiger partial charge on any atom is -0.388 e. The summed E-state index contributed by atoms with van der Waals surface area (Å²) >= 11 is 5.96. The quantitative estimate of drug-likeness (QED) is 0.388. The van der Waals surface area contributed by atoms with Crippen LogP contribution in [0.25, 0.3) is 0 Å². The second-order valence-electron chi connectivity index (χ2n) is 5.26. The Kier molecular flexibility index (Phi) is 7.76. The number of aliphatic imine (C=N–C) groups is 1. The van der Waals surface area contributed by atoms with Crippen molar-refractivity contribution in [2.45, 2.75) is 38.3 Å². The fraction of sp³-hybridized carbons (Fsp3) is 0.533. The van der Waals surface area contributed by atoms with Gasteiger partial charge in [0.2, 0.25) is 0 Å². The van der Waals surface area contributed by atoms with Crippen molar-refractivity contribution < 1.29 is 5.11 Å². The van der Waals surface area contributed by atoms with Gasteiger partial charge in [-0.25, -0.2) is 4.99 Å². The van der Waals surface area contributed by atoms with Crippen LogP contribution in [-0.4, -0.2) is 29.8 Å². The molecule has 0 aliphatic heterocycles. The standard InChI is InChI=1S/C15H22ClN3O.HI/c1-2-17-14(19-11-15(20)7-4-8-15)18-10-12-5-3-6-13(16)9-12;/h3,5-6,9,20H,2,4,7-8,10-11H2,1H3,(H2,17,18,19);1H. The van der Waals surface area contributed by atoms with Gasteiger partial charge < -0.3 is 15.7 Å². The van der Waals surface area contributed by atoms with E-state index in [-0.39, 0.29) is 24.0 Å². The van der Waals surface area contributed by atoms with E-state index in [1.54, 1.807) is 0 Å². The molecule has 4 nitrogen and oxygen atoms in total. The maximum Gasteiger partial charge on any atom is 0.191 e. The first-order valence-electron chi connectivity index (χ1n) is 7.10. The highest BCUT2D eigenvalue weighted by Gasteiger charge is 2.34. The second kappa shape index (κ2) is 8.80. The SMILES string of the molecule is CCNC(=NCc1cccc(Cl)c1)NCC1(O)CCC1.I. The lowest BCUT2D eigenvalue weighted by Crippen LogP contribution is -2.50. The predicted molar refractivity (Wildman–Crippen MR) is 98.5 cm³/mol. The Hall–Kier alpha value is -0.530. The summed E-state index contributed by atoms with van der Waals surface area (Å²) in [5.74, 6) is 0.729. The zero-order valence-electron chi connectivity index (χ0n) is 12.2. The molecule has 0 amide bonds. The summed E-state index contributed by atoms with van der Waals surface area (Å²) in [7, 11) is 0. The number of halogens is 2. The van der Waals surface area contributed by atoms with Gasteiger partial charge in [0.25, 0.3) is 0 Å². The fourth-order valence-electron chi connectivity index (χ4n) is 2.16. The summed E-state index contributed by atoms with van der Waals surface area (Å²) in [4.78, 5) is 4.51. The molecule has 1 saturated carbocycles. The first-order valence-corrected chi connectivity index (χ1v) is 7.48. The Morgan fingerprint density at radius 2 is 2.14 bits per heavy atom. The molecule has 0 spiro atoms. The minimum absolute atomic E-state index is 0. The Balaban J connectivity index is 0.00000220. The zero-order chi connectivity index (χ0) is 14.4. The van der Waals surface area contributed by atoms with Crippen molar-refractivity contribution in [3.63, 3.8) is 0 Å². The summed E-state index contributed by atoms with van der Waals surface area (Å²) in [6, 6.07) is 7.68. The topological polar surface area (TPSA) is 56.7 Å². The molecule has 0 saturated heterocycles. The van der Waals surface area contributed by atoms with E-state index in [0.29, 0.717) is 13.1 Å². The highest BCUT2D eigenvalue weighted by molar-refractivity contribution is 14.0. The van der Waals surface area contributed by atoms with Crippen LogP contribution in [0.2, 0.25) is 5.02 Å². The Morgan fingerprint density at radius 3 is 2.71 bits per heavy atom. The number of hydrogen-bond donors (Lipinski definition) is 3. The van der Waals surface area contributed by atoms with E-state index >= 15 is 0 Å². The molecule has 1 fully saturated rings. The van der Waals surface area contributed by atoms with Crippen molar-refractivity contribution in [2.75, 3.05) is 13.1 Å². The average Bonchev–Trinajstić information content (AvgIpc) is 2.40. The van der Waals surface area contributed by atoms with Crippen LogP contribution >= 0.6 is 35.6 Å². The first-order chi connectivity index (χ1) is 9.61. The van der Waals surface area contributed by atoms with E-state index in [2.05, 4.69) is 15.6 Å². The van der Waals surface area contributed by atoms with Crippen LogP contribution in [0.3, 0.4) is 0 Å². The van der Waals surface area contributed by atoms with Crippen LogP contribution in [-0.2, 0) is 6.54 Å². The van der Waals surface area contributed by atoms with Crippen molar-refractivity contribution in [3.8, 4) is 0 Å². The van der Waals surface area contributed by atoms with Crippen LogP contribution in [0.15, 0.2) is 29.3 Å². The molecule has 0 unspecified atom stereocenters. The van der Waals surface area contributed by atoms with Crippen LogP contribution in [0.1, 0.15) is 31.7 Å². The largest absolute Gasteiger partial charge is 0.388 e. The van der Waals surface area contributed by atoms with Crippen molar-refractivity contribution in [3.05, 3.63) is 34.9 Å². The van der Waals surface area contributed by atoms with Crippen LogP contribution in [0.5, 0.6) is 0 Å². The smallest absolute Gasteiger partial charge is 0.191 e. The third kappa shape index (κ3) is 6.00. The lowest BCUT2D eigenvalue weighted by Gasteiger charge is -2.36. The van der Waals surface area contributed by atoms with E-state index in [1.165, 1.54) is 0 Å². The molecular weight excluding hydrogens is 401 g/mol. The molecule has 3 N–H and O–H groups in total. The monoisotopic (exact) mass is 423 g/mol. The van der Waals surface area contributed by atoms with Gasteiger partial charge in [0.1, 0.15) is 0 Å². The van der Waals surface area contributed by atoms with Gasteiger partial charge in [0, 0.05) is 18.1 Å². The molecule has 0 aromatic heterocycles. The number of rotatable bonds is 5. The maximum absolute atomic E-state index is 10.1. The van der Waals surface area contributed by atoms with E-state index in [9.17, 15) is 5.11 Å². The Labute approximate surface area is 148 Å². The van der Waals surface area contributed by atoms with Gasteiger partial charge in [-0.15, -0.1) is 24.0 Å². The molecule has 1 aliphatic carbocycles. The summed E-state index contributed by atoms with van der Waals surface area (Å²) in [5.41, 5.74) is 0.517. The number of benzene rings is 1. The molecule has 2 rings (SSSR count). The number of hydrogen-bond acceptors (Lipinski definition) is 2. The Bertz CT molecular complexity index is 478. The zero-order valence-corrected chi connectivity index (χ0v) is 15.3. The van der Waals surface area contributed by atoms with Crippen molar-refractivity contribution in [1.82, 2.24) is 10.6 Å². The van der Waals surface area contributed by atoms with Gasteiger partial charge in [0.15, 0.2) is 5.96 Å². The van der Waals surface area contributed by atoms with Crippen LogP contribution < -0.4 is 10.6 Å². The molecule has 0 atom stereocenters. The molecule has 1 aromatic carbocycles. The van der Waals surface area contributed by atoms with Crippen molar-refractivity contribution in [1.29, 1.82) is 0 Å². The molecule has 0 heterocycles. The summed E-state index contributed by atoms with van der Waals surface area (Å²) < 4.78 is 0. The molecule has 6 heteroatoms. The summed E-state index contributed by atoms with van der Waals surface area (Å²) in [6.07, 6.45) is 2.84.